The highest BCUT2D eigenvalue weighted by Gasteiger charge is 2.17. The van der Waals surface area contributed by atoms with Crippen molar-refractivity contribution in [2.45, 2.75) is 20.4 Å². The molecule has 0 unspecified atom stereocenters. The van der Waals surface area contributed by atoms with Crippen molar-refractivity contribution in [1.82, 2.24) is 14.5 Å². The molecular weight excluding hydrogens is 224 g/mol. The van der Waals surface area contributed by atoms with Gasteiger partial charge < -0.3 is 15.2 Å². The van der Waals surface area contributed by atoms with Crippen LogP contribution in [0.2, 0.25) is 0 Å². The molecule has 0 aliphatic carbocycles. The van der Waals surface area contributed by atoms with E-state index in [0.717, 1.165) is 6.54 Å². The molecule has 17 heavy (non-hydrogen) atoms. The van der Waals surface area contributed by atoms with Gasteiger partial charge in [0.2, 0.25) is 0 Å². The van der Waals surface area contributed by atoms with Gasteiger partial charge in [0.25, 0.3) is 0 Å². The molecule has 1 rings (SSSR count). The third-order valence-electron chi connectivity index (χ3n) is 2.72. The number of nitrogens with zero attached hydrogens (tertiary/aromatic N) is 4. The van der Waals surface area contributed by atoms with E-state index in [2.05, 4.69) is 4.98 Å². The standard InChI is InChI=1S/C10H18N4O3/c1-3-12(6-7-15)4-5-13-9(2)11-8-10(13)14(16)17/h8,15H,3-7H2,1-2H3. The van der Waals surface area contributed by atoms with E-state index >= 15 is 0 Å². The maximum Gasteiger partial charge on any atom is 0.342 e. The summed E-state index contributed by atoms with van der Waals surface area (Å²) in [5.41, 5.74) is 0. The van der Waals surface area contributed by atoms with Crippen molar-refractivity contribution in [2.75, 3.05) is 26.2 Å². The smallest absolute Gasteiger partial charge is 0.342 e. The van der Waals surface area contributed by atoms with Gasteiger partial charge in [-0.1, -0.05) is 6.92 Å². The Bertz CT molecular complexity index is 378. The number of aryl methyl sites for hydroxylation is 1. The molecule has 0 saturated carbocycles. The highest BCUT2D eigenvalue weighted by Crippen LogP contribution is 2.13. The molecule has 0 fully saturated rings. The number of hydrogen-bond acceptors (Lipinski definition) is 5. The number of imidazole rings is 1. The maximum atomic E-state index is 10.8. The summed E-state index contributed by atoms with van der Waals surface area (Å²) < 4.78 is 1.58. The average molecular weight is 242 g/mol. The Kier molecular flexibility index (Phi) is 5.05. The summed E-state index contributed by atoms with van der Waals surface area (Å²) in [5.74, 6) is 0.652. The minimum atomic E-state index is -0.428. The van der Waals surface area contributed by atoms with E-state index in [-0.39, 0.29) is 12.4 Å². The Labute approximate surface area is 99.8 Å². The van der Waals surface area contributed by atoms with E-state index in [1.54, 1.807) is 11.5 Å². The van der Waals surface area contributed by atoms with Gasteiger partial charge in [-0.15, -0.1) is 0 Å². The second kappa shape index (κ2) is 6.31. The van der Waals surface area contributed by atoms with Crippen molar-refractivity contribution in [1.29, 1.82) is 0 Å². The topological polar surface area (TPSA) is 84.4 Å². The monoisotopic (exact) mass is 242 g/mol. The molecule has 1 aromatic heterocycles. The van der Waals surface area contributed by atoms with Crippen LogP contribution in [0.5, 0.6) is 0 Å². The van der Waals surface area contributed by atoms with Gasteiger partial charge in [-0.2, -0.15) is 0 Å². The van der Waals surface area contributed by atoms with Crippen LogP contribution in [0.1, 0.15) is 12.7 Å². The number of aliphatic hydroxyl groups is 1. The zero-order valence-electron chi connectivity index (χ0n) is 10.2. The van der Waals surface area contributed by atoms with Gasteiger partial charge in [0.15, 0.2) is 5.82 Å². The number of nitro groups is 1. The zero-order chi connectivity index (χ0) is 12.8. The zero-order valence-corrected chi connectivity index (χ0v) is 10.2. The largest absolute Gasteiger partial charge is 0.395 e. The summed E-state index contributed by atoms with van der Waals surface area (Å²) in [4.78, 5) is 16.3. The highest BCUT2D eigenvalue weighted by molar-refractivity contribution is 5.18. The van der Waals surface area contributed by atoms with Gasteiger partial charge >= 0.3 is 5.82 Å². The molecule has 0 spiro atoms. The summed E-state index contributed by atoms with van der Waals surface area (Å²) >= 11 is 0. The van der Waals surface area contributed by atoms with Crippen LogP contribution in [0, 0.1) is 17.0 Å². The molecule has 1 N–H and O–H groups in total. The molecule has 0 saturated heterocycles. The summed E-state index contributed by atoms with van der Waals surface area (Å²) in [6.45, 7) is 6.39. The fraction of sp³-hybridized carbons (Fsp3) is 0.700. The molecule has 0 atom stereocenters. The van der Waals surface area contributed by atoms with Crippen LogP contribution >= 0.6 is 0 Å². The predicted octanol–water partition coefficient (Wildman–Crippen LogP) is 0.414. The maximum absolute atomic E-state index is 10.8. The van der Waals surface area contributed by atoms with Crippen molar-refractivity contribution in [3.05, 3.63) is 22.1 Å². The summed E-state index contributed by atoms with van der Waals surface area (Å²) in [6, 6.07) is 0. The van der Waals surface area contributed by atoms with Crippen molar-refractivity contribution in [3.63, 3.8) is 0 Å². The molecule has 0 radical (unpaired) electrons. The first-order valence-corrected chi connectivity index (χ1v) is 5.59. The Morgan fingerprint density at radius 3 is 2.82 bits per heavy atom. The van der Waals surface area contributed by atoms with Gasteiger partial charge in [0.05, 0.1) is 6.61 Å². The number of rotatable bonds is 7. The fourth-order valence-corrected chi connectivity index (χ4v) is 1.69. The van der Waals surface area contributed by atoms with E-state index < -0.39 is 4.92 Å². The van der Waals surface area contributed by atoms with Crippen LogP contribution < -0.4 is 0 Å². The van der Waals surface area contributed by atoms with Gasteiger partial charge in [-0.3, -0.25) is 4.90 Å². The molecule has 1 heterocycles. The van der Waals surface area contributed by atoms with E-state index in [4.69, 9.17) is 5.11 Å². The first-order valence-electron chi connectivity index (χ1n) is 5.59. The minimum Gasteiger partial charge on any atom is -0.395 e. The molecule has 0 aliphatic rings. The van der Waals surface area contributed by atoms with E-state index in [9.17, 15) is 10.1 Å². The van der Waals surface area contributed by atoms with Crippen molar-refractivity contribution < 1.29 is 10.0 Å². The lowest BCUT2D eigenvalue weighted by molar-refractivity contribution is -0.392. The molecule has 7 heteroatoms. The van der Waals surface area contributed by atoms with Crippen LogP contribution in [0.3, 0.4) is 0 Å². The number of likely N-dealkylation sites (N-methyl/N-ethyl adjacent to an activating group) is 1. The second-order valence-electron chi connectivity index (χ2n) is 3.73. The van der Waals surface area contributed by atoms with Crippen LogP contribution in [0.15, 0.2) is 6.20 Å². The third-order valence-corrected chi connectivity index (χ3v) is 2.72. The lowest BCUT2D eigenvalue weighted by Gasteiger charge is -2.18. The van der Waals surface area contributed by atoms with Crippen molar-refractivity contribution >= 4 is 5.82 Å². The Hall–Kier alpha value is -1.47. The number of aromatic nitrogens is 2. The Morgan fingerprint density at radius 1 is 1.59 bits per heavy atom. The first-order chi connectivity index (χ1) is 8.10. The van der Waals surface area contributed by atoms with Crippen LogP contribution in [0.4, 0.5) is 5.82 Å². The average Bonchev–Trinajstić information content (AvgIpc) is 2.66. The summed E-state index contributed by atoms with van der Waals surface area (Å²) in [7, 11) is 0. The normalized spacial score (nSPS) is 11.1. The summed E-state index contributed by atoms with van der Waals surface area (Å²) in [5, 5.41) is 19.6. The Balaban J connectivity index is 2.67. The lowest BCUT2D eigenvalue weighted by atomic mass is 10.4. The quantitative estimate of drug-likeness (QED) is 0.553. The molecule has 7 nitrogen and oxygen atoms in total. The van der Waals surface area contributed by atoms with Gasteiger partial charge in [-0.05, 0) is 11.5 Å². The number of aliphatic hydroxyl groups excluding tert-OH is 1. The first kappa shape index (κ1) is 13.6. The van der Waals surface area contributed by atoms with Crippen LogP contribution in [0.25, 0.3) is 0 Å². The van der Waals surface area contributed by atoms with E-state index in [0.29, 0.717) is 25.5 Å². The van der Waals surface area contributed by atoms with E-state index in [1.807, 2.05) is 11.8 Å². The predicted molar refractivity (Wildman–Crippen MR) is 62.8 cm³/mol. The van der Waals surface area contributed by atoms with Crippen LogP contribution in [-0.2, 0) is 6.54 Å². The fourth-order valence-electron chi connectivity index (χ4n) is 1.69. The van der Waals surface area contributed by atoms with Gasteiger partial charge in [-0.25, -0.2) is 9.55 Å². The lowest BCUT2D eigenvalue weighted by Crippen LogP contribution is -2.30. The number of hydrogen-bond donors (Lipinski definition) is 1. The molecule has 0 aromatic carbocycles. The third kappa shape index (κ3) is 3.50. The van der Waals surface area contributed by atoms with Crippen molar-refractivity contribution in [2.24, 2.45) is 0 Å². The Morgan fingerprint density at radius 2 is 2.29 bits per heavy atom. The molecular formula is C10H18N4O3. The van der Waals surface area contributed by atoms with Crippen molar-refractivity contribution in [3.8, 4) is 0 Å². The van der Waals surface area contributed by atoms with E-state index in [1.165, 1.54) is 6.20 Å². The SMILES string of the molecule is CCN(CCO)CCn1c([N+](=O)[O-])cnc1C. The molecule has 96 valence electrons. The molecule has 0 aliphatic heterocycles. The molecule has 0 bridgehead atoms. The second-order valence-corrected chi connectivity index (χ2v) is 3.73. The van der Waals surface area contributed by atoms with Gasteiger partial charge in [0.1, 0.15) is 12.7 Å². The molecule has 0 amide bonds. The summed E-state index contributed by atoms with van der Waals surface area (Å²) in [6.07, 6.45) is 1.28. The van der Waals surface area contributed by atoms with Crippen LogP contribution in [-0.4, -0.2) is 50.7 Å². The minimum absolute atomic E-state index is 0.0163. The van der Waals surface area contributed by atoms with Gasteiger partial charge in [0, 0.05) is 20.0 Å². The molecule has 1 aromatic rings. The highest BCUT2D eigenvalue weighted by atomic mass is 16.6.